The highest BCUT2D eigenvalue weighted by Crippen LogP contribution is 2.32. The van der Waals surface area contributed by atoms with Crippen molar-refractivity contribution in [1.29, 1.82) is 0 Å². The molecule has 3 aliphatic rings. The van der Waals surface area contributed by atoms with E-state index in [4.69, 9.17) is 0 Å². The zero-order chi connectivity index (χ0) is 22.3. The number of likely N-dealkylation sites (N-methyl/N-ethyl adjacent to an activating group) is 1. The van der Waals surface area contributed by atoms with Gasteiger partial charge in [0, 0.05) is 38.3 Å². The molecule has 0 aromatic carbocycles. The summed E-state index contributed by atoms with van der Waals surface area (Å²) in [4.78, 5) is 36.6. The molecule has 32 heavy (non-hydrogen) atoms. The highest BCUT2D eigenvalue weighted by molar-refractivity contribution is 8.01. The number of nitrogens with zero attached hydrogens (tertiary/aromatic N) is 4. The van der Waals surface area contributed by atoms with Gasteiger partial charge >= 0.3 is 6.03 Å². The molecule has 0 atom stereocenters. The van der Waals surface area contributed by atoms with E-state index < -0.39 is 0 Å². The summed E-state index contributed by atoms with van der Waals surface area (Å²) < 4.78 is 0.977. The van der Waals surface area contributed by atoms with Gasteiger partial charge in [-0.25, -0.2) is 9.78 Å². The van der Waals surface area contributed by atoms with Crippen LogP contribution in [0.4, 0.5) is 9.93 Å². The molecule has 1 aliphatic heterocycles. The minimum Gasteiger partial charge on any atom is -0.339 e. The second-order valence-electron chi connectivity index (χ2n) is 9.38. The largest absolute Gasteiger partial charge is 0.339 e. The zero-order valence-electron chi connectivity index (χ0n) is 19.3. The Balaban J connectivity index is 1.31. The van der Waals surface area contributed by atoms with Gasteiger partial charge in [-0.2, -0.15) is 0 Å². The van der Waals surface area contributed by atoms with Crippen LogP contribution in [0.1, 0.15) is 64.2 Å². The van der Waals surface area contributed by atoms with Crippen molar-refractivity contribution in [2.45, 2.75) is 80.5 Å². The summed E-state index contributed by atoms with van der Waals surface area (Å²) in [5.41, 5.74) is 0. The van der Waals surface area contributed by atoms with Crippen LogP contribution in [0, 0.1) is 0 Å². The third-order valence-corrected chi connectivity index (χ3v) is 9.16. The lowest BCUT2D eigenvalue weighted by atomic mass is 9.89. The van der Waals surface area contributed by atoms with Crippen molar-refractivity contribution in [3.8, 4) is 0 Å². The lowest BCUT2D eigenvalue weighted by Crippen LogP contribution is -2.50. The highest BCUT2D eigenvalue weighted by atomic mass is 32.2. The van der Waals surface area contributed by atoms with E-state index >= 15 is 0 Å². The fraction of sp³-hybridized carbons (Fsp3) is 0.783. The number of amides is 3. The van der Waals surface area contributed by atoms with Crippen molar-refractivity contribution in [3.05, 3.63) is 6.20 Å². The Hall–Kier alpha value is -1.32. The molecule has 0 spiro atoms. The Morgan fingerprint density at radius 3 is 2.22 bits per heavy atom. The normalized spacial score (nSPS) is 21.5. The first-order chi connectivity index (χ1) is 15.6. The van der Waals surface area contributed by atoms with Gasteiger partial charge in [0.05, 0.1) is 16.2 Å². The first-order valence-electron chi connectivity index (χ1n) is 12.2. The predicted molar refractivity (Wildman–Crippen MR) is 132 cm³/mol. The Morgan fingerprint density at radius 2 is 1.62 bits per heavy atom. The van der Waals surface area contributed by atoms with E-state index in [1.54, 1.807) is 6.20 Å². The molecule has 2 heterocycles. The standard InChI is InChI=1S/C23H37N5O2S2/c1-26-12-14-27(15-13-26)20(29)17-31-21-16-24-22(32-21)25-23(30)28(18-8-4-2-5-9-18)19-10-6-3-7-11-19/h16,18-19H,2-15,17H2,1H3,(H,24,25,30). The van der Waals surface area contributed by atoms with E-state index in [9.17, 15) is 9.59 Å². The molecule has 9 heteroatoms. The number of urea groups is 1. The molecule has 0 bridgehead atoms. The Morgan fingerprint density at radius 1 is 1.03 bits per heavy atom. The van der Waals surface area contributed by atoms with Crippen LogP contribution in [0.5, 0.6) is 0 Å². The zero-order valence-corrected chi connectivity index (χ0v) is 20.9. The van der Waals surface area contributed by atoms with Crippen LogP contribution >= 0.6 is 23.1 Å². The number of hydrogen-bond acceptors (Lipinski definition) is 6. The van der Waals surface area contributed by atoms with Crippen molar-refractivity contribution in [3.63, 3.8) is 0 Å². The number of thiazole rings is 1. The molecule has 1 N–H and O–H groups in total. The molecule has 2 aliphatic carbocycles. The maximum absolute atomic E-state index is 13.3. The molecule has 3 amide bonds. The van der Waals surface area contributed by atoms with Crippen molar-refractivity contribution in [2.24, 2.45) is 0 Å². The van der Waals surface area contributed by atoms with Gasteiger partial charge in [0.1, 0.15) is 0 Å². The summed E-state index contributed by atoms with van der Waals surface area (Å²) >= 11 is 3.00. The maximum Gasteiger partial charge on any atom is 0.324 e. The molecule has 1 saturated heterocycles. The minimum atomic E-state index is 0.0169. The molecule has 1 aromatic rings. The summed E-state index contributed by atoms with van der Waals surface area (Å²) in [5.74, 6) is 0.609. The van der Waals surface area contributed by atoms with Crippen LogP contribution in [0.3, 0.4) is 0 Å². The van der Waals surface area contributed by atoms with Gasteiger partial charge in [-0.05, 0) is 32.7 Å². The molecule has 7 nitrogen and oxygen atoms in total. The molecule has 0 radical (unpaired) electrons. The van der Waals surface area contributed by atoms with Crippen LogP contribution in [-0.2, 0) is 4.79 Å². The van der Waals surface area contributed by atoms with Gasteiger partial charge < -0.3 is 14.7 Å². The molecule has 178 valence electrons. The smallest absolute Gasteiger partial charge is 0.324 e. The summed E-state index contributed by atoms with van der Waals surface area (Å²) in [5, 5.41) is 3.73. The Bertz CT molecular complexity index is 735. The number of carbonyl (C=O) groups is 2. The first-order valence-corrected chi connectivity index (χ1v) is 14.0. The van der Waals surface area contributed by atoms with Crippen LogP contribution in [0.2, 0.25) is 0 Å². The minimum absolute atomic E-state index is 0.0169. The van der Waals surface area contributed by atoms with E-state index in [2.05, 4.69) is 27.1 Å². The third-order valence-electron chi connectivity index (χ3n) is 7.06. The van der Waals surface area contributed by atoms with E-state index in [1.165, 1.54) is 61.6 Å². The van der Waals surface area contributed by atoms with Gasteiger partial charge in [-0.15, -0.1) is 11.8 Å². The van der Waals surface area contributed by atoms with Crippen LogP contribution in [-0.4, -0.2) is 82.7 Å². The number of nitrogens with one attached hydrogen (secondary N) is 1. The number of aromatic nitrogens is 1. The first kappa shape index (κ1) is 23.8. The van der Waals surface area contributed by atoms with E-state index in [1.807, 2.05) is 4.90 Å². The van der Waals surface area contributed by atoms with Crippen molar-refractivity contribution < 1.29 is 9.59 Å². The predicted octanol–water partition coefficient (Wildman–Crippen LogP) is 4.51. The van der Waals surface area contributed by atoms with Crippen molar-refractivity contribution in [2.75, 3.05) is 44.3 Å². The van der Waals surface area contributed by atoms with Crippen molar-refractivity contribution >= 4 is 40.2 Å². The highest BCUT2D eigenvalue weighted by Gasteiger charge is 2.33. The molecule has 1 aromatic heterocycles. The van der Waals surface area contributed by atoms with Crippen LogP contribution in [0.15, 0.2) is 10.4 Å². The van der Waals surface area contributed by atoms with Crippen molar-refractivity contribution in [1.82, 2.24) is 19.7 Å². The SMILES string of the molecule is CN1CCN(C(=O)CSc2cnc(NC(=O)N(C3CCCCC3)C3CCCCC3)s2)CC1. The number of rotatable bonds is 6. The number of piperazine rings is 1. The second kappa shape index (κ2) is 11.7. The average Bonchev–Trinajstić information content (AvgIpc) is 3.27. The van der Waals surface area contributed by atoms with E-state index in [0.29, 0.717) is 23.0 Å². The Labute approximate surface area is 200 Å². The molecular weight excluding hydrogens is 442 g/mol. The number of carbonyl (C=O) groups excluding carboxylic acids is 2. The molecular formula is C23H37N5O2S2. The van der Waals surface area contributed by atoms with E-state index in [-0.39, 0.29) is 11.9 Å². The maximum atomic E-state index is 13.3. The lowest BCUT2D eigenvalue weighted by molar-refractivity contribution is -0.129. The van der Waals surface area contributed by atoms with Gasteiger partial charge in [-0.1, -0.05) is 49.9 Å². The lowest BCUT2D eigenvalue weighted by Gasteiger charge is -2.41. The van der Waals surface area contributed by atoms with Gasteiger partial charge in [-0.3, -0.25) is 10.1 Å². The van der Waals surface area contributed by atoms with Gasteiger partial charge in [0.15, 0.2) is 5.13 Å². The van der Waals surface area contributed by atoms with Crippen LogP contribution < -0.4 is 5.32 Å². The second-order valence-corrected chi connectivity index (χ2v) is 11.7. The fourth-order valence-electron chi connectivity index (χ4n) is 5.17. The summed E-state index contributed by atoms with van der Waals surface area (Å²) in [6, 6.07) is 0.743. The third kappa shape index (κ3) is 6.38. The van der Waals surface area contributed by atoms with Gasteiger partial charge in [0.25, 0.3) is 0 Å². The monoisotopic (exact) mass is 479 g/mol. The van der Waals surface area contributed by atoms with E-state index in [0.717, 1.165) is 56.1 Å². The Kier molecular flexibility index (Phi) is 8.71. The molecule has 2 saturated carbocycles. The number of hydrogen-bond donors (Lipinski definition) is 1. The fourth-order valence-corrected chi connectivity index (χ4v) is 6.93. The summed E-state index contributed by atoms with van der Waals surface area (Å²) in [6.07, 6.45) is 13.7. The summed E-state index contributed by atoms with van der Waals surface area (Å²) in [6.45, 7) is 3.48. The molecule has 0 unspecified atom stereocenters. The number of anilines is 1. The summed E-state index contributed by atoms with van der Waals surface area (Å²) in [7, 11) is 2.09. The number of thioether (sulfide) groups is 1. The van der Waals surface area contributed by atoms with Gasteiger partial charge in [0.2, 0.25) is 5.91 Å². The topological polar surface area (TPSA) is 68.8 Å². The average molecular weight is 480 g/mol. The van der Waals surface area contributed by atoms with Crippen LogP contribution in [0.25, 0.3) is 0 Å². The quantitative estimate of drug-likeness (QED) is 0.608. The molecule has 4 rings (SSSR count). The molecule has 3 fully saturated rings.